The number of nitrogens with two attached hydrogens (primary N) is 1. The predicted molar refractivity (Wildman–Crippen MR) is 169 cm³/mol. The molecule has 3 aromatic carbocycles. The van der Waals surface area contributed by atoms with E-state index in [9.17, 15) is 4.79 Å². The van der Waals surface area contributed by atoms with Crippen LogP contribution in [0.25, 0.3) is 32.0 Å². The second kappa shape index (κ2) is 11.4. The van der Waals surface area contributed by atoms with E-state index in [-0.39, 0.29) is 5.91 Å². The average molecular weight is 599 g/mol. The van der Waals surface area contributed by atoms with E-state index in [2.05, 4.69) is 20.6 Å². The zero-order valence-corrected chi connectivity index (χ0v) is 24.5. The quantitative estimate of drug-likeness (QED) is 0.139. The molecule has 0 aliphatic heterocycles. The minimum absolute atomic E-state index is 0.187. The lowest BCUT2D eigenvalue weighted by molar-refractivity contribution is 0.102. The molecular formula is C30H26N6O4S2. The molecule has 42 heavy (non-hydrogen) atoms. The SMILES string of the molecule is COc1cc(Nc2nc(N)c(-c3nc(-c4cccc(NC(=O)c5c[nH]c6ccccc56)c4)cs3)s2)cc(OC)c1OC. The third kappa shape index (κ3) is 5.20. The number of carbonyl (C=O) groups is 1. The van der Waals surface area contributed by atoms with Crippen molar-refractivity contribution in [1.82, 2.24) is 15.0 Å². The van der Waals surface area contributed by atoms with Gasteiger partial charge < -0.3 is 35.6 Å². The first-order valence-electron chi connectivity index (χ1n) is 12.7. The molecule has 6 aromatic rings. The number of nitrogens with zero attached hydrogens (tertiary/aromatic N) is 2. The van der Waals surface area contributed by atoms with E-state index >= 15 is 0 Å². The number of H-pyrrole nitrogens is 1. The Balaban J connectivity index is 1.21. The van der Waals surface area contributed by atoms with Gasteiger partial charge in [0.25, 0.3) is 5.91 Å². The summed E-state index contributed by atoms with van der Waals surface area (Å²) in [6, 6.07) is 18.9. The van der Waals surface area contributed by atoms with Crippen LogP contribution in [-0.4, -0.2) is 42.2 Å². The number of carbonyl (C=O) groups excluding carboxylic acids is 1. The van der Waals surface area contributed by atoms with Gasteiger partial charge in [-0.05, 0) is 18.2 Å². The van der Waals surface area contributed by atoms with Gasteiger partial charge in [-0.3, -0.25) is 4.79 Å². The van der Waals surface area contributed by atoms with Gasteiger partial charge in [0, 0.05) is 51.6 Å². The highest BCUT2D eigenvalue weighted by Crippen LogP contribution is 2.43. The van der Waals surface area contributed by atoms with Gasteiger partial charge in [0.2, 0.25) is 5.75 Å². The highest BCUT2D eigenvalue weighted by molar-refractivity contribution is 7.23. The van der Waals surface area contributed by atoms with Gasteiger partial charge in [0.05, 0.1) is 32.6 Å². The standard InChI is InChI=1S/C30H26N6O4S2/c1-38-23-12-18(13-24(39-2)25(23)40-3)34-30-36-27(31)26(42-30)29-35-22(15-41-29)16-7-6-8-17(11-16)33-28(37)20-14-32-21-10-5-4-9-19(20)21/h4-15,32H,31H2,1-3H3,(H,33,37)(H,34,36). The highest BCUT2D eigenvalue weighted by atomic mass is 32.1. The van der Waals surface area contributed by atoms with Crippen LogP contribution in [0.3, 0.4) is 0 Å². The van der Waals surface area contributed by atoms with E-state index in [1.54, 1.807) is 39.7 Å². The average Bonchev–Trinajstić information content (AvgIpc) is 3.75. The first kappa shape index (κ1) is 27.1. The molecule has 5 N–H and O–H groups in total. The van der Waals surface area contributed by atoms with Crippen LogP contribution in [0.1, 0.15) is 10.4 Å². The molecule has 212 valence electrons. The van der Waals surface area contributed by atoms with Crippen molar-refractivity contribution < 1.29 is 19.0 Å². The summed E-state index contributed by atoms with van der Waals surface area (Å²) >= 11 is 2.86. The fourth-order valence-electron chi connectivity index (χ4n) is 4.54. The van der Waals surface area contributed by atoms with Crippen LogP contribution >= 0.6 is 22.7 Å². The Morgan fingerprint density at radius 1 is 0.929 bits per heavy atom. The van der Waals surface area contributed by atoms with Gasteiger partial charge in [0.15, 0.2) is 16.6 Å². The lowest BCUT2D eigenvalue weighted by Crippen LogP contribution is -2.11. The molecule has 12 heteroatoms. The zero-order valence-electron chi connectivity index (χ0n) is 22.8. The molecule has 0 saturated carbocycles. The van der Waals surface area contributed by atoms with Gasteiger partial charge in [-0.25, -0.2) is 9.97 Å². The van der Waals surface area contributed by atoms with Crippen LogP contribution in [0.15, 0.2) is 72.2 Å². The van der Waals surface area contributed by atoms with E-state index in [0.29, 0.717) is 45.1 Å². The van der Waals surface area contributed by atoms with E-state index in [4.69, 9.17) is 24.9 Å². The Hall–Kier alpha value is -5.07. The van der Waals surface area contributed by atoms with Crippen molar-refractivity contribution in [1.29, 1.82) is 0 Å². The van der Waals surface area contributed by atoms with Crippen LogP contribution in [-0.2, 0) is 0 Å². The van der Waals surface area contributed by atoms with Crippen LogP contribution in [0.2, 0.25) is 0 Å². The van der Waals surface area contributed by atoms with Crippen molar-refractivity contribution in [3.05, 3.63) is 77.8 Å². The molecule has 6 rings (SSSR count). The van der Waals surface area contributed by atoms with Crippen LogP contribution in [0.5, 0.6) is 17.2 Å². The maximum absolute atomic E-state index is 13.0. The number of benzene rings is 3. The molecule has 3 aromatic heterocycles. The number of fused-ring (bicyclic) bond motifs is 1. The Labute approximate surface area is 249 Å². The summed E-state index contributed by atoms with van der Waals surface area (Å²) in [5.41, 5.74) is 10.8. The van der Waals surface area contributed by atoms with Gasteiger partial charge in [-0.1, -0.05) is 41.7 Å². The topological polar surface area (TPSA) is 136 Å². The molecule has 10 nitrogen and oxygen atoms in total. The molecule has 0 atom stereocenters. The number of thiazole rings is 2. The second-order valence-corrected chi connectivity index (χ2v) is 11.0. The third-order valence-electron chi connectivity index (χ3n) is 6.52. The number of rotatable bonds is 9. The molecule has 0 aliphatic rings. The maximum Gasteiger partial charge on any atom is 0.257 e. The zero-order chi connectivity index (χ0) is 29.2. The van der Waals surface area contributed by atoms with Crippen LogP contribution < -0.4 is 30.6 Å². The smallest absolute Gasteiger partial charge is 0.257 e. The fourth-order valence-corrected chi connectivity index (χ4v) is 6.37. The molecule has 0 unspecified atom stereocenters. The van der Waals surface area contributed by atoms with Crippen molar-refractivity contribution >= 4 is 61.8 Å². The van der Waals surface area contributed by atoms with E-state index < -0.39 is 0 Å². The highest BCUT2D eigenvalue weighted by Gasteiger charge is 2.18. The number of nitrogen functional groups attached to an aromatic ring is 1. The monoisotopic (exact) mass is 598 g/mol. The van der Waals surface area contributed by atoms with E-state index in [1.807, 2.05) is 53.9 Å². The van der Waals surface area contributed by atoms with E-state index in [0.717, 1.165) is 32.0 Å². The van der Waals surface area contributed by atoms with Crippen molar-refractivity contribution in [2.24, 2.45) is 0 Å². The third-order valence-corrected chi connectivity index (χ3v) is 8.50. The fraction of sp³-hybridized carbons (Fsp3) is 0.100. The Morgan fingerprint density at radius 3 is 2.48 bits per heavy atom. The Kier molecular flexibility index (Phi) is 7.38. The van der Waals surface area contributed by atoms with Crippen LogP contribution in [0, 0.1) is 0 Å². The van der Waals surface area contributed by atoms with Gasteiger partial charge in [-0.15, -0.1) is 11.3 Å². The summed E-state index contributed by atoms with van der Waals surface area (Å²) in [5.74, 6) is 1.73. The number of aromatic amines is 1. The first-order valence-corrected chi connectivity index (χ1v) is 14.4. The number of para-hydroxylation sites is 1. The second-order valence-electron chi connectivity index (χ2n) is 9.09. The molecule has 0 aliphatic carbocycles. The molecule has 0 bridgehead atoms. The molecule has 3 heterocycles. The number of aromatic nitrogens is 3. The number of methoxy groups -OCH3 is 3. The summed E-state index contributed by atoms with van der Waals surface area (Å²) in [6.07, 6.45) is 1.72. The lowest BCUT2D eigenvalue weighted by atomic mass is 10.1. The van der Waals surface area contributed by atoms with Crippen molar-refractivity contribution in [3.63, 3.8) is 0 Å². The normalized spacial score (nSPS) is 10.9. The molecule has 1 amide bonds. The Bertz CT molecular complexity index is 1890. The molecule has 0 radical (unpaired) electrons. The van der Waals surface area contributed by atoms with Gasteiger partial charge in [0.1, 0.15) is 15.7 Å². The number of nitrogens with one attached hydrogen (secondary N) is 3. The number of amides is 1. The summed E-state index contributed by atoms with van der Waals surface area (Å²) in [6.45, 7) is 0. The van der Waals surface area contributed by atoms with Gasteiger partial charge in [-0.2, -0.15) is 0 Å². The molecular weight excluding hydrogens is 573 g/mol. The predicted octanol–water partition coefficient (Wildman–Crippen LogP) is 7.02. The number of anilines is 4. The molecule has 0 fully saturated rings. The first-order chi connectivity index (χ1) is 20.5. The van der Waals surface area contributed by atoms with Gasteiger partial charge >= 0.3 is 0 Å². The van der Waals surface area contributed by atoms with Crippen molar-refractivity contribution in [2.45, 2.75) is 0 Å². The summed E-state index contributed by atoms with van der Waals surface area (Å²) in [4.78, 5) is 26.2. The molecule has 0 spiro atoms. The summed E-state index contributed by atoms with van der Waals surface area (Å²) < 4.78 is 16.3. The summed E-state index contributed by atoms with van der Waals surface area (Å²) in [7, 11) is 4.68. The largest absolute Gasteiger partial charge is 0.493 e. The Morgan fingerprint density at radius 2 is 1.71 bits per heavy atom. The molecule has 0 saturated heterocycles. The number of hydrogen-bond donors (Lipinski definition) is 4. The minimum Gasteiger partial charge on any atom is -0.493 e. The number of ether oxygens (including phenoxy) is 3. The van der Waals surface area contributed by atoms with Crippen molar-refractivity contribution in [2.75, 3.05) is 37.7 Å². The number of hydrogen-bond acceptors (Lipinski definition) is 10. The van der Waals surface area contributed by atoms with Crippen LogP contribution in [0.4, 0.5) is 22.3 Å². The summed E-state index contributed by atoms with van der Waals surface area (Å²) in [5, 5.41) is 10.4. The minimum atomic E-state index is -0.187. The lowest BCUT2D eigenvalue weighted by Gasteiger charge is -2.14. The van der Waals surface area contributed by atoms with Crippen molar-refractivity contribution in [3.8, 4) is 38.4 Å². The maximum atomic E-state index is 13.0. The van der Waals surface area contributed by atoms with E-state index in [1.165, 1.54) is 22.7 Å².